The van der Waals surface area contributed by atoms with Gasteiger partial charge in [0.15, 0.2) is 0 Å². The Morgan fingerprint density at radius 3 is 2.76 bits per heavy atom. The molecule has 3 rings (SSSR count). The molecule has 4 atom stereocenters. The molecule has 120 valence electrons. The molecule has 1 heterocycles. The molecule has 3 fully saturated rings. The maximum Gasteiger partial charge on any atom is 0.239 e. The molecule has 1 saturated heterocycles. The lowest BCUT2D eigenvalue weighted by Crippen LogP contribution is -2.47. The molecule has 2 bridgehead atoms. The summed E-state index contributed by atoms with van der Waals surface area (Å²) in [6.45, 7) is 6.59. The number of carbonyl (C=O) groups excluding carboxylic acids is 1. The van der Waals surface area contributed by atoms with Crippen LogP contribution in [0.15, 0.2) is 0 Å². The van der Waals surface area contributed by atoms with Crippen LogP contribution in [0.1, 0.15) is 58.8 Å². The first-order valence-corrected chi connectivity index (χ1v) is 8.94. The van der Waals surface area contributed by atoms with Gasteiger partial charge in [-0.15, -0.1) is 0 Å². The minimum Gasteiger partial charge on any atom is -0.341 e. The molecule has 0 aromatic heterocycles. The maximum atomic E-state index is 12.8. The maximum absolute atomic E-state index is 12.8. The average Bonchev–Trinajstić information content (AvgIpc) is 2.65. The van der Waals surface area contributed by atoms with Crippen molar-refractivity contribution in [1.82, 2.24) is 10.2 Å². The Hall–Kier alpha value is -0.570. The predicted molar refractivity (Wildman–Crippen MR) is 86.0 cm³/mol. The van der Waals surface area contributed by atoms with E-state index in [-0.39, 0.29) is 11.5 Å². The number of likely N-dealkylation sites (N-methyl/N-ethyl adjacent to an activating group) is 1. The Balaban J connectivity index is 1.70. The normalized spacial score (nSPS) is 39.4. The Morgan fingerprint density at radius 2 is 2.05 bits per heavy atom. The van der Waals surface area contributed by atoms with Crippen molar-refractivity contribution in [1.29, 1.82) is 0 Å². The molecule has 0 spiro atoms. The van der Waals surface area contributed by atoms with Gasteiger partial charge < -0.3 is 10.2 Å². The number of nitrogens with one attached hydrogen (secondary N) is 1. The second-order valence-corrected chi connectivity index (χ2v) is 8.55. The Bertz CT molecular complexity index is 393. The summed E-state index contributed by atoms with van der Waals surface area (Å²) in [5.41, 5.74) is 0.259. The molecule has 0 radical (unpaired) electrons. The monoisotopic (exact) mass is 292 g/mol. The number of amides is 1. The number of hydrogen-bond acceptors (Lipinski definition) is 2. The van der Waals surface area contributed by atoms with Crippen molar-refractivity contribution in [3.63, 3.8) is 0 Å². The lowest BCUT2D eigenvalue weighted by atomic mass is 9.86. The summed E-state index contributed by atoms with van der Waals surface area (Å²) in [6.07, 6.45) is 9.19. The van der Waals surface area contributed by atoms with Crippen LogP contribution in [0.25, 0.3) is 0 Å². The lowest BCUT2D eigenvalue weighted by Gasteiger charge is -2.33. The first kappa shape index (κ1) is 15.3. The van der Waals surface area contributed by atoms with Gasteiger partial charge >= 0.3 is 0 Å². The number of rotatable bonds is 3. The molecular formula is C18H32N2O. The molecule has 0 aromatic carbocycles. The van der Waals surface area contributed by atoms with Gasteiger partial charge in [0, 0.05) is 13.1 Å². The molecule has 1 N–H and O–H groups in total. The molecule has 2 saturated carbocycles. The molecule has 2 aliphatic carbocycles. The van der Waals surface area contributed by atoms with Crippen molar-refractivity contribution in [3.8, 4) is 0 Å². The van der Waals surface area contributed by atoms with E-state index in [1.807, 2.05) is 7.05 Å². The third-order valence-corrected chi connectivity index (χ3v) is 6.27. The number of likely N-dealkylation sites (tertiary alicyclic amines) is 1. The summed E-state index contributed by atoms with van der Waals surface area (Å²) in [5.74, 6) is 2.98. The Morgan fingerprint density at radius 1 is 1.24 bits per heavy atom. The van der Waals surface area contributed by atoms with Gasteiger partial charge in [0.1, 0.15) is 0 Å². The zero-order chi connectivity index (χ0) is 15.0. The zero-order valence-corrected chi connectivity index (χ0v) is 14.0. The third-order valence-electron chi connectivity index (χ3n) is 6.27. The van der Waals surface area contributed by atoms with Gasteiger partial charge in [0.2, 0.25) is 5.91 Å². The highest BCUT2D eigenvalue weighted by Gasteiger charge is 2.40. The van der Waals surface area contributed by atoms with E-state index in [1.165, 1.54) is 32.1 Å². The summed E-state index contributed by atoms with van der Waals surface area (Å²) in [6, 6.07) is 0.0348. The highest BCUT2D eigenvalue weighted by atomic mass is 16.2. The van der Waals surface area contributed by atoms with Gasteiger partial charge in [0.25, 0.3) is 0 Å². The largest absolute Gasteiger partial charge is 0.341 e. The van der Waals surface area contributed by atoms with E-state index in [0.29, 0.717) is 5.91 Å². The van der Waals surface area contributed by atoms with Crippen LogP contribution in [0.4, 0.5) is 0 Å². The highest BCUT2D eigenvalue weighted by Crippen LogP contribution is 2.46. The molecule has 3 nitrogen and oxygen atoms in total. The fourth-order valence-electron chi connectivity index (χ4n) is 5.08. The second kappa shape index (κ2) is 5.91. The van der Waals surface area contributed by atoms with E-state index in [0.717, 1.165) is 43.7 Å². The van der Waals surface area contributed by atoms with Crippen LogP contribution in [-0.2, 0) is 4.79 Å². The highest BCUT2D eigenvalue weighted by molar-refractivity contribution is 5.82. The van der Waals surface area contributed by atoms with Gasteiger partial charge in [0.05, 0.1) is 6.04 Å². The average molecular weight is 292 g/mol. The summed E-state index contributed by atoms with van der Waals surface area (Å²) < 4.78 is 0. The SMILES string of the molecule is CNC1CCC(C)(C)CN(CC2CC3CCCC2C3)C1=O. The smallest absolute Gasteiger partial charge is 0.239 e. The van der Waals surface area contributed by atoms with Gasteiger partial charge in [-0.1, -0.05) is 33.1 Å². The van der Waals surface area contributed by atoms with Crippen LogP contribution in [-0.4, -0.2) is 37.0 Å². The van der Waals surface area contributed by atoms with Gasteiger partial charge in [-0.25, -0.2) is 0 Å². The number of fused-ring (bicyclic) bond motifs is 2. The third kappa shape index (κ3) is 3.28. The van der Waals surface area contributed by atoms with Gasteiger partial charge in [-0.3, -0.25) is 4.79 Å². The molecule has 3 heteroatoms. The van der Waals surface area contributed by atoms with Crippen LogP contribution in [0.5, 0.6) is 0 Å². The predicted octanol–water partition coefficient (Wildman–Crippen LogP) is 3.05. The van der Waals surface area contributed by atoms with Crippen molar-refractivity contribution in [3.05, 3.63) is 0 Å². The first-order chi connectivity index (χ1) is 9.98. The van der Waals surface area contributed by atoms with E-state index >= 15 is 0 Å². The Kier molecular flexibility index (Phi) is 4.31. The van der Waals surface area contributed by atoms with Gasteiger partial charge in [-0.2, -0.15) is 0 Å². The molecule has 0 aromatic rings. The first-order valence-electron chi connectivity index (χ1n) is 8.94. The quantitative estimate of drug-likeness (QED) is 0.867. The molecule has 3 aliphatic rings. The summed E-state index contributed by atoms with van der Waals surface area (Å²) in [5, 5.41) is 3.24. The topological polar surface area (TPSA) is 32.3 Å². The fourth-order valence-corrected chi connectivity index (χ4v) is 5.08. The molecule has 1 amide bonds. The van der Waals surface area contributed by atoms with E-state index in [2.05, 4.69) is 24.1 Å². The van der Waals surface area contributed by atoms with Crippen molar-refractivity contribution in [2.45, 2.75) is 64.8 Å². The molecular weight excluding hydrogens is 260 g/mol. The van der Waals surface area contributed by atoms with Crippen LogP contribution in [0.3, 0.4) is 0 Å². The van der Waals surface area contributed by atoms with Crippen molar-refractivity contribution >= 4 is 5.91 Å². The van der Waals surface area contributed by atoms with Crippen LogP contribution >= 0.6 is 0 Å². The van der Waals surface area contributed by atoms with Crippen LogP contribution in [0, 0.1) is 23.2 Å². The summed E-state index contributed by atoms with van der Waals surface area (Å²) in [7, 11) is 1.93. The number of hydrogen-bond donors (Lipinski definition) is 1. The second-order valence-electron chi connectivity index (χ2n) is 8.55. The summed E-state index contributed by atoms with van der Waals surface area (Å²) >= 11 is 0. The zero-order valence-electron chi connectivity index (χ0n) is 14.0. The van der Waals surface area contributed by atoms with Gasteiger partial charge in [-0.05, 0) is 55.9 Å². The minimum atomic E-state index is 0.0348. The molecule has 4 unspecified atom stereocenters. The minimum absolute atomic E-state index is 0.0348. The van der Waals surface area contributed by atoms with Crippen molar-refractivity contribution < 1.29 is 4.79 Å². The van der Waals surface area contributed by atoms with E-state index in [4.69, 9.17) is 0 Å². The lowest BCUT2D eigenvalue weighted by molar-refractivity contribution is -0.134. The summed E-state index contributed by atoms with van der Waals surface area (Å²) in [4.78, 5) is 15.0. The van der Waals surface area contributed by atoms with E-state index in [1.54, 1.807) is 0 Å². The van der Waals surface area contributed by atoms with Crippen LogP contribution in [0.2, 0.25) is 0 Å². The van der Waals surface area contributed by atoms with Crippen molar-refractivity contribution in [2.24, 2.45) is 23.2 Å². The standard InChI is InChI=1S/C18H32N2O/c1-18(2)8-7-16(19-3)17(21)20(12-18)11-15-10-13-5-4-6-14(15)9-13/h13-16,19H,4-12H2,1-3H3. The number of carbonyl (C=O) groups is 1. The fraction of sp³-hybridized carbons (Fsp3) is 0.944. The molecule has 21 heavy (non-hydrogen) atoms. The Labute approximate surface area is 129 Å². The van der Waals surface area contributed by atoms with E-state index < -0.39 is 0 Å². The van der Waals surface area contributed by atoms with Crippen molar-refractivity contribution in [2.75, 3.05) is 20.1 Å². The number of nitrogens with zero attached hydrogens (tertiary/aromatic N) is 1. The van der Waals surface area contributed by atoms with E-state index in [9.17, 15) is 4.79 Å². The molecule has 1 aliphatic heterocycles. The van der Waals surface area contributed by atoms with Crippen LogP contribution < -0.4 is 5.32 Å².